The minimum Gasteiger partial charge on any atom is -0.240 e. The molecule has 0 saturated heterocycles. The molecule has 3 rings (SSSR count). The molecule has 17 heavy (non-hydrogen) atoms. The number of rotatable bonds is 2. The van der Waals surface area contributed by atoms with Crippen molar-refractivity contribution in [3.8, 4) is 0 Å². The first-order chi connectivity index (χ1) is 8.34. The summed E-state index contributed by atoms with van der Waals surface area (Å²) in [6.07, 6.45) is 0. The standard InChI is InChI=1S/C14H13N3/c1-11-6-2-3-7-12(11)10-17-14-9-5-4-8-13(14)15-16-17/h2-9H,10H2,1H3. The molecule has 3 heteroatoms. The normalized spacial score (nSPS) is 10.9. The molecule has 0 aliphatic rings. The number of nitrogens with zero attached hydrogens (tertiary/aromatic N) is 3. The van der Waals surface area contributed by atoms with Crippen LogP contribution in [0.4, 0.5) is 0 Å². The number of benzene rings is 2. The van der Waals surface area contributed by atoms with Crippen LogP contribution in [0.1, 0.15) is 11.1 Å². The molecule has 0 aliphatic heterocycles. The van der Waals surface area contributed by atoms with Crippen LogP contribution in [0, 0.1) is 6.92 Å². The minimum atomic E-state index is 0.771. The van der Waals surface area contributed by atoms with Crippen molar-refractivity contribution >= 4 is 11.0 Å². The minimum absolute atomic E-state index is 0.771. The summed E-state index contributed by atoms with van der Waals surface area (Å²) in [4.78, 5) is 0. The van der Waals surface area contributed by atoms with E-state index in [4.69, 9.17) is 0 Å². The number of aromatic nitrogens is 3. The van der Waals surface area contributed by atoms with E-state index in [0.717, 1.165) is 17.6 Å². The van der Waals surface area contributed by atoms with Crippen LogP contribution in [-0.4, -0.2) is 15.0 Å². The third-order valence-electron chi connectivity index (χ3n) is 3.00. The van der Waals surface area contributed by atoms with Crippen LogP contribution in [0.3, 0.4) is 0 Å². The second-order valence-corrected chi connectivity index (χ2v) is 4.16. The lowest BCUT2D eigenvalue weighted by molar-refractivity contribution is 0.667. The van der Waals surface area contributed by atoms with Gasteiger partial charge in [0.25, 0.3) is 0 Å². The van der Waals surface area contributed by atoms with Crippen molar-refractivity contribution in [1.82, 2.24) is 15.0 Å². The average Bonchev–Trinajstić information content (AvgIpc) is 2.76. The largest absolute Gasteiger partial charge is 0.240 e. The van der Waals surface area contributed by atoms with Gasteiger partial charge in [-0.05, 0) is 30.2 Å². The van der Waals surface area contributed by atoms with Crippen LogP contribution in [0.5, 0.6) is 0 Å². The number of fused-ring (bicyclic) bond motifs is 1. The van der Waals surface area contributed by atoms with Gasteiger partial charge in [-0.1, -0.05) is 41.6 Å². The van der Waals surface area contributed by atoms with E-state index in [0.29, 0.717) is 0 Å². The molecule has 0 aliphatic carbocycles. The van der Waals surface area contributed by atoms with Gasteiger partial charge in [-0.25, -0.2) is 4.68 Å². The summed E-state index contributed by atoms with van der Waals surface area (Å²) < 4.78 is 1.94. The molecule has 0 amide bonds. The SMILES string of the molecule is Cc1ccccc1Cn1nnc2ccccc21. The molecule has 0 N–H and O–H groups in total. The van der Waals surface area contributed by atoms with E-state index in [1.54, 1.807) is 0 Å². The van der Waals surface area contributed by atoms with E-state index in [9.17, 15) is 0 Å². The van der Waals surface area contributed by atoms with Crippen LogP contribution in [0.2, 0.25) is 0 Å². The Kier molecular flexibility index (Phi) is 2.37. The monoisotopic (exact) mass is 223 g/mol. The Morgan fingerprint density at radius 2 is 1.76 bits per heavy atom. The predicted molar refractivity (Wildman–Crippen MR) is 67.8 cm³/mol. The highest BCUT2D eigenvalue weighted by Gasteiger charge is 2.04. The van der Waals surface area contributed by atoms with Crippen molar-refractivity contribution in [3.63, 3.8) is 0 Å². The van der Waals surface area contributed by atoms with E-state index in [-0.39, 0.29) is 0 Å². The molecule has 0 bridgehead atoms. The second-order valence-electron chi connectivity index (χ2n) is 4.16. The molecule has 1 aromatic heterocycles. The van der Waals surface area contributed by atoms with Crippen molar-refractivity contribution < 1.29 is 0 Å². The summed E-state index contributed by atoms with van der Waals surface area (Å²) in [5.74, 6) is 0. The zero-order valence-electron chi connectivity index (χ0n) is 9.67. The molecule has 0 saturated carbocycles. The fourth-order valence-electron chi connectivity index (χ4n) is 1.98. The van der Waals surface area contributed by atoms with Crippen molar-refractivity contribution in [2.45, 2.75) is 13.5 Å². The van der Waals surface area contributed by atoms with Crippen molar-refractivity contribution in [2.24, 2.45) is 0 Å². The zero-order chi connectivity index (χ0) is 11.7. The third kappa shape index (κ3) is 1.80. The van der Waals surface area contributed by atoms with Crippen LogP contribution in [0.15, 0.2) is 48.5 Å². The maximum absolute atomic E-state index is 4.20. The van der Waals surface area contributed by atoms with Gasteiger partial charge in [-0.3, -0.25) is 0 Å². The number of aryl methyl sites for hydroxylation is 1. The highest BCUT2D eigenvalue weighted by Crippen LogP contribution is 2.14. The summed E-state index contributed by atoms with van der Waals surface area (Å²) >= 11 is 0. The fraction of sp³-hybridized carbons (Fsp3) is 0.143. The first kappa shape index (κ1) is 10.0. The number of hydrogen-bond donors (Lipinski definition) is 0. The van der Waals surface area contributed by atoms with Gasteiger partial charge in [0.05, 0.1) is 12.1 Å². The van der Waals surface area contributed by atoms with E-state index in [2.05, 4.69) is 41.5 Å². The molecule has 3 nitrogen and oxygen atoms in total. The lowest BCUT2D eigenvalue weighted by Crippen LogP contribution is -2.03. The smallest absolute Gasteiger partial charge is 0.113 e. The van der Waals surface area contributed by atoms with Gasteiger partial charge in [-0.15, -0.1) is 5.10 Å². The van der Waals surface area contributed by atoms with Crippen LogP contribution < -0.4 is 0 Å². The molecule has 0 spiro atoms. The molecular weight excluding hydrogens is 210 g/mol. The van der Waals surface area contributed by atoms with Gasteiger partial charge in [-0.2, -0.15) is 0 Å². The summed E-state index contributed by atoms with van der Waals surface area (Å²) in [5, 5.41) is 8.36. The summed E-state index contributed by atoms with van der Waals surface area (Å²) in [7, 11) is 0. The molecule has 3 aromatic rings. The van der Waals surface area contributed by atoms with Gasteiger partial charge in [0.1, 0.15) is 5.52 Å². The summed E-state index contributed by atoms with van der Waals surface area (Å²) in [6, 6.07) is 16.4. The molecular formula is C14H13N3. The molecule has 0 fully saturated rings. The molecule has 1 heterocycles. The van der Waals surface area contributed by atoms with Gasteiger partial charge in [0.2, 0.25) is 0 Å². The van der Waals surface area contributed by atoms with E-state index >= 15 is 0 Å². The zero-order valence-corrected chi connectivity index (χ0v) is 9.67. The van der Waals surface area contributed by atoms with Crippen LogP contribution in [-0.2, 0) is 6.54 Å². The maximum atomic E-state index is 4.20. The Morgan fingerprint density at radius 1 is 1.00 bits per heavy atom. The first-order valence-corrected chi connectivity index (χ1v) is 5.67. The Balaban J connectivity index is 2.03. The highest BCUT2D eigenvalue weighted by molar-refractivity contribution is 5.73. The van der Waals surface area contributed by atoms with Gasteiger partial charge in [0, 0.05) is 0 Å². The van der Waals surface area contributed by atoms with Gasteiger partial charge < -0.3 is 0 Å². The van der Waals surface area contributed by atoms with Crippen LogP contribution in [0.25, 0.3) is 11.0 Å². The van der Waals surface area contributed by atoms with Crippen molar-refractivity contribution in [3.05, 3.63) is 59.7 Å². The Labute approximate surface area is 99.7 Å². The molecule has 0 atom stereocenters. The average molecular weight is 223 g/mol. The quantitative estimate of drug-likeness (QED) is 0.668. The second kappa shape index (κ2) is 4.01. The lowest BCUT2D eigenvalue weighted by atomic mass is 10.1. The molecule has 0 unspecified atom stereocenters. The topological polar surface area (TPSA) is 30.7 Å². The van der Waals surface area contributed by atoms with Gasteiger partial charge in [0.15, 0.2) is 0 Å². The number of para-hydroxylation sites is 1. The third-order valence-corrected chi connectivity index (χ3v) is 3.00. The number of hydrogen-bond acceptors (Lipinski definition) is 2. The van der Waals surface area contributed by atoms with Crippen LogP contribution >= 0.6 is 0 Å². The maximum Gasteiger partial charge on any atom is 0.113 e. The van der Waals surface area contributed by atoms with Crippen molar-refractivity contribution in [1.29, 1.82) is 0 Å². The fourth-order valence-corrected chi connectivity index (χ4v) is 1.98. The Bertz CT molecular complexity index is 655. The van der Waals surface area contributed by atoms with Gasteiger partial charge >= 0.3 is 0 Å². The van der Waals surface area contributed by atoms with E-state index < -0.39 is 0 Å². The summed E-state index contributed by atoms with van der Waals surface area (Å²) in [6.45, 7) is 2.89. The molecule has 2 aromatic carbocycles. The Morgan fingerprint density at radius 3 is 2.65 bits per heavy atom. The Hall–Kier alpha value is -2.16. The molecule has 84 valence electrons. The van der Waals surface area contributed by atoms with E-state index in [1.807, 2.05) is 28.9 Å². The lowest BCUT2D eigenvalue weighted by Gasteiger charge is -2.05. The molecule has 0 radical (unpaired) electrons. The first-order valence-electron chi connectivity index (χ1n) is 5.67. The van der Waals surface area contributed by atoms with E-state index in [1.165, 1.54) is 11.1 Å². The van der Waals surface area contributed by atoms with Crippen molar-refractivity contribution in [2.75, 3.05) is 0 Å². The summed E-state index contributed by atoms with van der Waals surface area (Å²) in [5.41, 5.74) is 4.59. The highest BCUT2D eigenvalue weighted by atomic mass is 15.4. The predicted octanol–water partition coefficient (Wildman–Crippen LogP) is 2.79.